The van der Waals surface area contributed by atoms with Crippen LogP contribution in [0.15, 0.2) is 61.1 Å². The van der Waals surface area contributed by atoms with E-state index in [0.29, 0.717) is 5.69 Å². The summed E-state index contributed by atoms with van der Waals surface area (Å²) in [5, 5.41) is 2.06. The Labute approximate surface area is 111 Å². The third-order valence-electron chi connectivity index (χ3n) is 3.05. The maximum absolute atomic E-state index is 12.4. The van der Waals surface area contributed by atoms with Crippen LogP contribution in [0.3, 0.4) is 0 Å². The van der Waals surface area contributed by atoms with E-state index in [1.807, 2.05) is 42.5 Å². The molecule has 2 aromatic carbocycles. The molecule has 3 rings (SSSR count). The van der Waals surface area contributed by atoms with E-state index >= 15 is 0 Å². The molecule has 0 bridgehead atoms. The van der Waals surface area contributed by atoms with Gasteiger partial charge in [0.05, 0.1) is 12.1 Å². The molecular formula is C16H12N2O. The van der Waals surface area contributed by atoms with E-state index in [-0.39, 0.29) is 12.2 Å². The highest BCUT2D eigenvalue weighted by molar-refractivity contribution is 6.08. The molecule has 0 saturated heterocycles. The molecule has 0 aliphatic rings. The predicted octanol–water partition coefficient (Wildman–Crippen LogP) is 3.06. The van der Waals surface area contributed by atoms with Crippen LogP contribution in [-0.4, -0.2) is 15.8 Å². The average Bonchev–Trinajstić information content (AvgIpc) is 2.47. The smallest absolute Gasteiger partial charge is 0.169 e. The van der Waals surface area contributed by atoms with Gasteiger partial charge in [0.1, 0.15) is 0 Å². The number of fused-ring (bicyclic) bond motifs is 1. The van der Waals surface area contributed by atoms with Crippen LogP contribution in [0.2, 0.25) is 0 Å². The normalized spacial score (nSPS) is 10.5. The van der Waals surface area contributed by atoms with Gasteiger partial charge in [-0.3, -0.25) is 14.8 Å². The SMILES string of the molecule is O=C(Cc1cnccn1)c1cccc2ccccc12. The summed E-state index contributed by atoms with van der Waals surface area (Å²) >= 11 is 0. The molecule has 0 aliphatic heterocycles. The molecule has 0 spiro atoms. The second-order valence-electron chi connectivity index (χ2n) is 4.32. The topological polar surface area (TPSA) is 42.9 Å². The minimum absolute atomic E-state index is 0.0669. The van der Waals surface area contributed by atoms with Crippen LogP contribution in [0, 0.1) is 0 Å². The molecular weight excluding hydrogens is 236 g/mol. The number of hydrogen-bond donors (Lipinski definition) is 0. The number of benzene rings is 2. The summed E-state index contributed by atoms with van der Waals surface area (Å²) in [4.78, 5) is 20.5. The van der Waals surface area contributed by atoms with Gasteiger partial charge < -0.3 is 0 Å². The highest BCUT2D eigenvalue weighted by atomic mass is 16.1. The molecule has 3 aromatic rings. The van der Waals surface area contributed by atoms with Crippen LogP contribution < -0.4 is 0 Å². The van der Waals surface area contributed by atoms with Crippen molar-refractivity contribution in [1.29, 1.82) is 0 Å². The first-order valence-electron chi connectivity index (χ1n) is 6.10. The Kier molecular flexibility index (Phi) is 3.02. The largest absolute Gasteiger partial charge is 0.294 e. The number of aromatic nitrogens is 2. The molecule has 1 heterocycles. The number of carbonyl (C=O) groups is 1. The van der Waals surface area contributed by atoms with E-state index in [1.54, 1.807) is 18.6 Å². The highest BCUT2D eigenvalue weighted by Gasteiger charge is 2.11. The lowest BCUT2D eigenvalue weighted by atomic mass is 9.99. The monoisotopic (exact) mass is 248 g/mol. The highest BCUT2D eigenvalue weighted by Crippen LogP contribution is 2.19. The van der Waals surface area contributed by atoms with Crippen molar-refractivity contribution >= 4 is 16.6 Å². The third kappa shape index (κ3) is 2.36. The molecule has 92 valence electrons. The molecule has 0 saturated carbocycles. The van der Waals surface area contributed by atoms with Gasteiger partial charge in [-0.05, 0) is 10.8 Å². The van der Waals surface area contributed by atoms with Gasteiger partial charge in [-0.15, -0.1) is 0 Å². The Morgan fingerprint density at radius 1 is 1.00 bits per heavy atom. The molecule has 0 atom stereocenters. The van der Waals surface area contributed by atoms with E-state index in [0.717, 1.165) is 16.3 Å². The first kappa shape index (κ1) is 11.5. The molecule has 1 aromatic heterocycles. The Hall–Kier alpha value is -2.55. The van der Waals surface area contributed by atoms with Crippen molar-refractivity contribution in [2.24, 2.45) is 0 Å². The summed E-state index contributed by atoms with van der Waals surface area (Å²) in [5.74, 6) is 0.0669. The van der Waals surface area contributed by atoms with Gasteiger partial charge in [0.2, 0.25) is 0 Å². The number of ketones is 1. The number of Topliss-reactive ketones (excluding diaryl/α,β-unsaturated/α-hetero) is 1. The Morgan fingerprint density at radius 2 is 1.84 bits per heavy atom. The average molecular weight is 248 g/mol. The molecule has 0 N–H and O–H groups in total. The van der Waals surface area contributed by atoms with Gasteiger partial charge in [0.15, 0.2) is 5.78 Å². The van der Waals surface area contributed by atoms with Crippen molar-refractivity contribution in [3.63, 3.8) is 0 Å². The van der Waals surface area contributed by atoms with Crippen molar-refractivity contribution in [2.75, 3.05) is 0 Å². The molecule has 0 radical (unpaired) electrons. The molecule has 0 unspecified atom stereocenters. The van der Waals surface area contributed by atoms with Gasteiger partial charge in [-0.25, -0.2) is 0 Å². The van der Waals surface area contributed by atoms with Gasteiger partial charge in [-0.2, -0.15) is 0 Å². The predicted molar refractivity (Wildman–Crippen MR) is 74.0 cm³/mol. The quantitative estimate of drug-likeness (QED) is 0.669. The van der Waals surface area contributed by atoms with Crippen LogP contribution in [0.5, 0.6) is 0 Å². The van der Waals surface area contributed by atoms with Crippen LogP contribution in [0.1, 0.15) is 16.1 Å². The zero-order valence-electron chi connectivity index (χ0n) is 10.3. The molecule has 3 nitrogen and oxygen atoms in total. The minimum Gasteiger partial charge on any atom is -0.294 e. The first-order chi connectivity index (χ1) is 9.34. The summed E-state index contributed by atoms with van der Waals surface area (Å²) in [5.41, 5.74) is 1.43. The molecule has 19 heavy (non-hydrogen) atoms. The fourth-order valence-electron chi connectivity index (χ4n) is 2.15. The van der Waals surface area contributed by atoms with E-state index < -0.39 is 0 Å². The van der Waals surface area contributed by atoms with Crippen molar-refractivity contribution in [1.82, 2.24) is 9.97 Å². The van der Waals surface area contributed by atoms with Crippen molar-refractivity contribution in [2.45, 2.75) is 6.42 Å². The lowest BCUT2D eigenvalue weighted by Crippen LogP contribution is -2.05. The van der Waals surface area contributed by atoms with Crippen LogP contribution >= 0.6 is 0 Å². The zero-order valence-corrected chi connectivity index (χ0v) is 10.3. The van der Waals surface area contributed by atoms with Crippen molar-refractivity contribution < 1.29 is 4.79 Å². The van der Waals surface area contributed by atoms with Crippen LogP contribution in [0.25, 0.3) is 10.8 Å². The second kappa shape index (κ2) is 4.98. The minimum atomic E-state index is 0.0669. The summed E-state index contributed by atoms with van der Waals surface area (Å²) in [6.45, 7) is 0. The van der Waals surface area contributed by atoms with Crippen LogP contribution in [0.4, 0.5) is 0 Å². The van der Waals surface area contributed by atoms with Crippen LogP contribution in [-0.2, 0) is 6.42 Å². The van der Waals surface area contributed by atoms with Gasteiger partial charge in [0.25, 0.3) is 0 Å². The van der Waals surface area contributed by atoms with Gasteiger partial charge in [-0.1, -0.05) is 42.5 Å². The van der Waals surface area contributed by atoms with E-state index in [2.05, 4.69) is 9.97 Å². The molecule has 3 heteroatoms. The summed E-state index contributed by atoms with van der Waals surface area (Å²) in [6, 6.07) is 13.7. The number of hydrogen-bond acceptors (Lipinski definition) is 3. The van der Waals surface area contributed by atoms with Gasteiger partial charge >= 0.3 is 0 Å². The van der Waals surface area contributed by atoms with E-state index in [1.165, 1.54) is 0 Å². The fraction of sp³-hybridized carbons (Fsp3) is 0.0625. The Morgan fingerprint density at radius 3 is 2.68 bits per heavy atom. The van der Waals surface area contributed by atoms with E-state index in [9.17, 15) is 4.79 Å². The third-order valence-corrected chi connectivity index (χ3v) is 3.05. The second-order valence-corrected chi connectivity index (χ2v) is 4.32. The maximum atomic E-state index is 12.4. The Bertz CT molecular complexity index is 718. The standard InChI is InChI=1S/C16H12N2O/c19-16(10-13-11-17-8-9-18-13)15-7-3-5-12-4-1-2-6-14(12)15/h1-9,11H,10H2. The van der Waals surface area contributed by atoms with E-state index in [4.69, 9.17) is 0 Å². The zero-order chi connectivity index (χ0) is 13.1. The number of carbonyl (C=O) groups excluding carboxylic acids is 1. The number of rotatable bonds is 3. The molecule has 0 amide bonds. The fourth-order valence-corrected chi connectivity index (χ4v) is 2.15. The van der Waals surface area contributed by atoms with Gasteiger partial charge in [0, 0.05) is 24.2 Å². The lowest BCUT2D eigenvalue weighted by molar-refractivity contribution is 0.0993. The van der Waals surface area contributed by atoms with Crippen molar-refractivity contribution in [3.05, 3.63) is 72.3 Å². The summed E-state index contributed by atoms with van der Waals surface area (Å²) in [7, 11) is 0. The Balaban J connectivity index is 1.98. The summed E-state index contributed by atoms with van der Waals surface area (Å²) < 4.78 is 0. The first-order valence-corrected chi connectivity index (χ1v) is 6.10. The lowest BCUT2D eigenvalue weighted by Gasteiger charge is -2.05. The summed E-state index contributed by atoms with van der Waals surface area (Å²) in [6.07, 6.45) is 5.11. The maximum Gasteiger partial charge on any atom is 0.169 e. The molecule has 0 aliphatic carbocycles. The van der Waals surface area contributed by atoms with Crippen molar-refractivity contribution in [3.8, 4) is 0 Å². The molecule has 0 fully saturated rings. The number of nitrogens with zero attached hydrogens (tertiary/aromatic N) is 2.